The van der Waals surface area contributed by atoms with Gasteiger partial charge in [-0.25, -0.2) is 0 Å². The van der Waals surface area contributed by atoms with Crippen molar-refractivity contribution < 1.29 is 0 Å². The van der Waals surface area contributed by atoms with Gasteiger partial charge in [0, 0.05) is 38.1 Å². The lowest BCUT2D eigenvalue weighted by Crippen LogP contribution is -2.45. The number of likely N-dealkylation sites (N-methyl/N-ethyl adjacent to an activating group) is 1. The molecule has 0 amide bonds. The van der Waals surface area contributed by atoms with Crippen LogP contribution in [-0.2, 0) is 6.42 Å². The van der Waals surface area contributed by atoms with Gasteiger partial charge in [-0.2, -0.15) is 0 Å². The van der Waals surface area contributed by atoms with E-state index in [2.05, 4.69) is 34.0 Å². The zero-order valence-corrected chi connectivity index (χ0v) is 12.0. The first-order valence-electron chi connectivity index (χ1n) is 7.31. The van der Waals surface area contributed by atoms with Crippen LogP contribution in [-0.4, -0.2) is 60.6 Å². The van der Waals surface area contributed by atoms with Crippen molar-refractivity contribution in [3.8, 4) is 0 Å². The van der Waals surface area contributed by atoms with E-state index in [9.17, 15) is 0 Å². The smallest absolute Gasteiger partial charge is 0.0270 e. The Morgan fingerprint density at radius 1 is 1.32 bits per heavy atom. The summed E-state index contributed by atoms with van der Waals surface area (Å²) in [6.07, 6.45) is 7.41. The first-order valence-corrected chi connectivity index (χ1v) is 7.31. The van der Waals surface area contributed by atoms with Crippen molar-refractivity contribution in [2.75, 3.05) is 39.8 Å². The molecule has 4 nitrogen and oxygen atoms in total. The van der Waals surface area contributed by atoms with Crippen LogP contribution in [0.4, 0.5) is 0 Å². The van der Waals surface area contributed by atoms with Gasteiger partial charge in [0.25, 0.3) is 0 Å². The van der Waals surface area contributed by atoms with Gasteiger partial charge in [-0.3, -0.25) is 4.98 Å². The van der Waals surface area contributed by atoms with E-state index < -0.39 is 0 Å². The van der Waals surface area contributed by atoms with Gasteiger partial charge in [0.05, 0.1) is 0 Å². The third-order valence-corrected chi connectivity index (χ3v) is 4.13. The van der Waals surface area contributed by atoms with Crippen molar-refractivity contribution >= 4 is 0 Å². The van der Waals surface area contributed by atoms with E-state index in [4.69, 9.17) is 5.73 Å². The maximum atomic E-state index is 5.61. The topological polar surface area (TPSA) is 45.4 Å². The van der Waals surface area contributed by atoms with Gasteiger partial charge < -0.3 is 15.5 Å². The SMILES string of the molecule is CN(CCc1ccncc1)C1CCN(CCN)CC1. The predicted molar refractivity (Wildman–Crippen MR) is 79.1 cm³/mol. The van der Waals surface area contributed by atoms with Crippen LogP contribution in [0.3, 0.4) is 0 Å². The van der Waals surface area contributed by atoms with Crippen molar-refractivity contribution in [3.05, 3.63) is 30.1 Å². The molecule has 19 heavy (non-hydrogen) atoms. The van der Waals surface area contributed by atoms with Crippen LogP contribution in [0.2, 0.25) is 0 Å². The van der Waals surface area contributed by atoms with Crippen molar-refractivity contribution in [1.82, 2.24) is 14.8 Å². The minimum atomic E-state index is 0.732. The second-order valence-electron chi connectivity index (χ2n) is 5.45. The molecule has 0 unspecified atom stereocenters. The summed E-state index contributed by atoms with van der Waals surface area (Å²) in [7, 11) is 2.25. The Kier molecular flexibility index (Phi) is 5.76. The molecule has 0 atom stereocenters. The van der Waals surface area contributed by atoms with Crippen molar-refractivity contribution in [1.29, 1.82) is 0 Å². The molecule has 1 aromatic heterocycles. The fraction of sp³-hybridized carbons (Fsp3) is 0.667. The lowest BCUT2D eigenvalue weighted by atomic mass is 10.0. The summed E-state index contributed by atoms with van der Waals surface area (Å²) < 4.78 is 0. The highest BCUT2D eigenvalue weighted by molar-refractivity contribution is 5.09. The molecule has 1 aromatic rings. The van der Waals surface area contributed by atoms with Gasteiger partial charge in [-0.1, -0.05) is 0 Å². The number of likely N-dealkylation sites (tertiary alicyclic amines) is 1. The number of piperidine rings is 1. The third kappa shape index (κ3) is 4.56. The molecule has 106 valence electrons. The second kappa shape index (κ2) is 7.58. The lowest BCUT2D eigenvalue weighted by Gasteiger charge is -2.36. The standard InChI is InChI=1S/C15H26N4/c1-18(10-4-14-2-8-17-9-3-14)15-5-11-19(12-6-15)13-7-16/h2-3,8-9,15H,4-7,10-13,16H2,1H3. The number of pyridine rings is 1. The summed E-state index contributed by atoms with van der Waals surface area (Å²) in [6, 6.07) is 4.95. The minimum Gasteiger partial charge on any atom is -0.329 e. The quantitative estimate of drug-likeness (QED) is 0.830. The van der Waals surface area contributed by atoms with E-state index >= 15 is 0 Å². The fourth-order valence-corrected chi connectivity index (χ4v) is 2.80. The van der Waals surface area contributed by atoms with Gasteiger partial charge >= 0.3 is 0 Å². The summed E-state index contributed by atoms with van der Waals surface area (Å²) in [5.41, 5.74) is 6.99. The zero-order valence-electron chi connectivity index (χ0n) is 12.0. The monoisotopic (exact) mass is 262 g/mol. The molecule has 2 heterocycles. The Morgan fingerprint density at radius 3 is 2.63 bits per heavy atom. The highest BCUT2D eigenvalue weighted by Gasteiger charge is 2.21. The normalized spacial score (nSPS) is 18.1. The van der Waals surface area contributed by atoms with Crippen molar-refractivity contribution in [3.63, 3.8) is 0 Å². The van der Waals surface area contributed by atoms with Crippen LogP contribution in [0.5, 0.6) is 0 Å². The van der Waals surface area contributed by atoms with Crippen molar-refractivity contribution in [2.45, 2.75) is 25.3 Å². The van der Waals surface area contributed by atoms with Gasteiger partial charge in [-0.15, -0.1) is 0 Å². The summed E-state index contributed by atoms with van der Waals surface area (Å²) in [4.78, 5) is 9.05. The van der Waals surface area contributed by atoms with Crippen LogP contribution in [0, 0.1) is 0 Å². The van der Waals surface area contributed by atoms with E-state index in [0.29, 0.717) is 0 Å². The van der Waals surface area contributed by atoms with Crippen LogP contribution < -0.4 is 5.73 Å². The van der Waals surface area contributed by atoms with Gasteiger partial charge in [0.15, 0.2) is 0 Å². The molecular weight excluding hydrogens is 236 g/mol. The molecule has 1 saturated heterocycles. The summed E-state index contributed by atoms with van der Waals surface area (Å²) in [6.45, 7) is 5.35. The molecule has 0 aromatic carbocycles. The molecule has 1 fully saturated rings. The molecule has 1 aliphatic heterocycles. The fourth-order valence-electron chi connectivity index (χ4n) is 2.80. The summed E-state index contributed by atoms with van der Waals surface area (Å²) >= 11 is 0. The molecule has 1 aliphatic rings. The largest absolute Gasteiger partial charge is 0.329 e. The number of rotatable bonds is 6. The Hall–Kier alpha value is -0.970. The Morgan fingerprint density at radius 2 is 2.00 bits per heavy atom. The number of nitrogens with two attached hydrogens (primary N) is 1. The number of nitrogens with zero attached hydrogens (tertiary/aromatic N) is 3. The first-order chi connectivity index (χ1) is 9.29. The highest BCUT2D eigenvalue weighted by Crippen LogP contribution is 2.15. The van der Waals surface area contributed by atoms with Crippen LogP contribution in [0.25, 0.3) is 0 Å². The van der Waals surface area contributed by atoms with E-state index in [0.717, 1.165) is 32.1 Å². The van der Waals surface area contributed by atoms with E-state index in [1.165, 1.54) is 31.5 Å². The van der Waals surface area contributed by atoms with Crippen LogP contribution in [0.1, 0.15) is 18.4 Å². The average molecular weight is 262 g/mol. The predicted octanol–water partition coefficient (Wildman–Crippen LogP) is 0.979. The first kappa shape index (κ1) is 14.4. The minimum absolute atomic E-state index is 0.732. The number of hydrogen-bond acceptors (Lipinski definition) is 4. The lowest BCUT2D eigenvalue weighted by molar-refractivity contribution is 0.131. The van der Waals surface area contributed by atoms with Crippen molar-refractivity contribution in [2.24, 2.45) is 5.73 Å². The summed E-state index contributed by atoms with van der Waals surface area (Å²) in [5, 5.41) is 0. The Labute approximate surface area is 116 Å². The molecule has 0 radical (unpaired) electrons. The highest BCUT2D eigenvalue weighted by atomic mass is 15.2. The zero-order chi connectivity index (χ0) is 13.5. The molecule has 0 saturated carbocycles. The van der Waals surface area contributed by atoms with E-state index in [1.54, 1.807) is 0 Å². The van der Waals surface area contributed by atoms with Gasteiger partial charge in [0.2, 0.25) is 0 Å². The number of hydrogen-bond donors (Lipinski definition) is 1. The summed E-state index contributed by atoms with van der Waals surface area (Å²) in [5.74, 6) is 0. The van der Waals surface area contributed by atoms with Gasteiger partial charge in [-0.05, 0) is 57.1 Å². The molecule has 2 N–H and O–H groups in total. The van der Waals surface area contributed by atoms with E-state index in [-0.39, 0.29) is 0 Å². The molecule has 4 heteroatoms. The molecule has 0 bridgehead atoms. The number of aromatic nitrogens is 1. The Balaban J connectivity index is 1.71. The molecule has 0 spiro atoms. The molecular formula is C15H26N4. The second-order valence-corrected chi connectivity index (χ2v) is 5.45. The third-order valence-electron chi connectivity index (χ3n) is 4.13. The van der Waals surface area contributed by atoms with Crippen LogP contribution in [0.15, 0.2) is 24.5 Å². The van der Waals surface area contributed by atoms with Crippen LogP contribution >= 0.6 is 0 Å². The maximum Gasteiger partial charge on any atom is 0.0270 e. The van der Waals surface area contributed by atoms with E-state index in [1.807, 2.05) is 12.4 Å². The average Bonchev–Trinajstić information content (AvgIpc) is 2.47. The van der Waals surface area contributed by atoms with Gasteiger partial charge in [0.1, 0.15) is 0 Å². The maximum absolute atomic E-state index is 5.61. The Bertz CT molecular complexity index is 346. The molecule has 0 aliphatic carbocycles. The molecule has 2 rings (SSSR count).